The van der Waals surface area contributed by atoms with Crippen molar-refractivity contribution in [2.24, 2.45) is 0 Å². The van der Waals surface area contributed by atoms with Crippen LogP contribution in [0.25, 0.3) is 46.4 Å². The zero-order valence-electron chi connectivity index (χ0n) is 18.1. The molecule has 0 saturated heterocycles. The highest BCUT2D eigenvalue weighted by Crippen LogP contribution is 2.17. The summed E-state index contributed by atoms with van der Waals surface area (Å²) in [6.07, 6.45) is 10.3. The standard InChI is InChI=1S/C20H14N4.C6H14O/c1-2-14-10-16-5-6-18(23-16)12-20-8-7-19(24-20)11-17-4-3-15(22-17)9-13(1)21-14;1-3-5-7-6-4-2/h1-12,21-22H;3-6H2,1-2H3. The van der Waals surface area contributed by atoms with Crippen molar-refractivity contribution in [3.63, 3.8) is 0 Å². The molecule has 8 bridgehead atoms. The van der Waals surface area contributed by atoms with Crippen molar-refractivity contribution in [3.8, 4) is 0 Å². The van der Waals surface area contributed by atoms with E-state index in [9.17, 15) is 0 Å². The summed E-state index contributed by atoms with van der Waals surface area (Å²) in [5, 5.41) is 0. The van der Waals surface area contributed by atoms with Crippen molar-refractivity contribution >= 4 is 46.4 Å². The van der Waals surface area contributed by atoms with Crippen LogP contribution in [0.5, 0.6) is 0 Å². The minimum Gasteiger partial charge on any atom is -0.381 e. The number of H-pyrrole nitrogens is 2. The number of rotatable bonds is 4. The van der Waals surface area contributed by atoms with Crippen LogP contribution in [0.1, 0.15) is 49.5 Å². The molecule has 3 aromatic heterocycles. The maximum Gasteiger partial charge on any atom is 0.0659 e. The Morgan fingerprint density at radius 1 is 0.581 bits per heavy atom. The highest BCUT2D eigenvalue weighted by molar-refractivity contribution is 5.77. The third kappa shape index (κ3) is 5.80. The van der Waals surface area contributed by atoms with Crippen LogP contribution < -0.4 is 0 Å². The van der Waals surface area contributed by atoms with E-state index in [1.807, 2.05) is 42.5 Å². The average Bonchev–Trinajstić information content (AvgIpc) is 3.55. The quantitative estimate of drug-likeness (QED) is 0.332. The summed E-state index contributed by atoms with van der Waals surface area (Å²) in [5.74, 6) is 0. The fourth-order valence-electron chi connectivity index (χ4n) is 3.33. The van der Waals surface area contributed by atoms with Crippen LogP contribution in [0.15, 0.2) is 48.5 Å². The Labute approximate surface area is 182 Å². The molecule has 5 heteroatoms. The van der Waals surface area contributed by atoms with E-state index in [1.165, 1.54) is 0 Å². The van der Waals surface area contributed by atoms with E-state index in [0.29, 0.717) is 0 Å². The van der Waals surface area contributed by atoms with Gasteiger partial charge in [-0.2, -0.15) is 0 Å². The molecule has 0 radical (unpaired) electrons. The molecule has 0 aliphatic carbocycles. The summed E-state index contributed by atoms with van der Waals surface area (Å²) < 4.78 is 5.13. The van der Waals surface area contributed by atoms with Gasteiger partial charge in [-0.3, -0.25) is 0 Å². The first-order valence-corrected chi connectivity index (χ1v) is 10.8. The first-order chi connectivity index (χ1) is 15.2. The highest BCUT2D eigenvalue weighted by Gasteiger charge is 2.02. The van der Waals surface area contributed by atoms with Crippen molar-refractivity contribution < 1.29 is 4.74 Å². The van der Waals surface area contributed by atoms with Gasteiger partial charge in [0.05, 0.1) is 22.8 Å². The zero-order valence-corrected chi connectivity index (χ0v) is 18.1. The Hall–Kier alpha value is -3.44. The van der Waals surface area contributed by atoms with Gasteiger partial charge in [-0.15, -0.1) is 0 Å². The van der Waals surface area contributed by atoms with E-state index in [0.717, 1.165) is 70.9 Å². The molecule has 0 aromatic carbocycles. The average molecular weight is 413 g/mol. The van der Waals surface area contributed by atoms with Crippen molar-refractivity contribution in [2.45, 2.75) is 26.7 Å². The molecule has 5 rings (SSSR count). The van der Waals surface area contributed by atoms with Crippen LogP contribution in [-0.4, -0.2) is 33.1 Å². The van der Waals surface area contributed by atoms with Gasteiger partial charge in [0, 0.05) is 35.3 Å². The summed E-state index contributed by atoms with van der Waals surface area (Å²) in [6.45, 7) is 6.09. The Balaban J connectivity index is 0.000000289. The molecular formula is C26H28N4O. The van der Waals surface area contributed by atoms with E-state index < -0.39 is 0 Å². The van der Waals surface area contributed by atoms with Crippen LogP contribution in [0.4, 0.5) is 0 Å². The molecule has 0 fully saturated rings. The molecule has 5 heterocycles. The summed E-state index contributed by atoms with van der Waals surface area (Å²) in [4.78, 5) is 16.0. The van der Waals surface area contributed by atoms with Crippen molar-refractivity contribution in [2.75, 3.05) is 13.2 Å². The molecule has 0 spiro atoms. The number of hydrogen-bond acceptors (Lipinski definition) is 3. The van der Waals surface area contributed by atoms with E-state index in [-0.39, 0.29) is 0 Å². The van der Waals surface area contributed by atoms with Crippen molar-refractivity contribution in [1.29, 1.82) is 0 Å². The summed E-state index contributed by atoms with van der Waals surface area (Å²) in [5.41, 5.74) is 7.86. The van der Waals surface area contributed by atoms with E-state index in [1.54, 1.807) is 0 Å². The van der Waals surface area contributed by atoms with Crippen LogP contribution in [0, 0.1) is 0 Å². The largest absolute Gasteiger partial charge is 0.381 e. The lowest BCUT2D eigenvalue weighted by atomic mass is 10.3. The summed E-state index contributed by atoms with van der Waals surface area (Å²) in [6, 6.07) is 16.4. The van der Waals surface area contributed by atoms with Crippen LogP contribution in [-0.2, 0) is 4.74 Å². The Kier molecular flexibility index (Phi) is 6.75. The lowest BCUT2D eigenvalue weighted by Crippen LogP contribution is -1.92. The molecule has 0 atom stereocenters. The second-order valence-corrected chi connectivity index (χ2v) is 7.52. The minimum atomic E-state index is 0.915. The highest BCUT2D eigenvalue weighted by atomic mass is 16.5. The monoisotopic (exact) mass is 412 g/mol. The lowest BCUT2D eigenvalue weighted by molar-refractivity contribution is 0.135. The van der Waals surface area contributed by atoms with Crippen molar-refractivity contribution in [1.82, 2.24) is 19.9 Å². The summed E-state index contributed by atoms with van der Waals surface area (Å²) >= 11 is 0. The first kappa shape index (κ1) is 20.8. The summed E-state index contributed by atoms with van der Waals surface area (Å²) in [7, 11) is 0. The number of fused-ring (bicyclic) bond motifs is 8. The number of nitrogens with zero attached hydrogens (tertiary/aromatic N) is 2. The van der Waals surface area contributed by atoms with Crippen molar-refractivity contribution in [3.05, 3.63) is 71.3 Å². The zero-order chi connectivity index (χ0) is 21.5. The number of nitrogens with one attached hydrogen (secondary N) is 2. The SMILES string of the molecule is C1=Cc2cc3ccc(cc4ccc(cc5nc(cc1n2)C=C5)[nH]4)[nH]3.CCCOCCC. The molecule has 31 heavy (non-hydrogen) atoms. The number of aromatic nitrogens is 4. The maximum atomic E-state index is 5.13. The van der Waals surface area contributed by atoms with Gasteiger partial charge in [0.1, 0.15) is 0 Å². The topological polar surface area (TPSA) is 66.6 Å². The molecule has 2 aliphatic heterocycles. The fourth-order valence-corrected chi connectivity index (χ4v) is 3.33. The smallest absolute Gasteiger partial charge is 0.0659 e. The Bertz CT molecular complexity index is 1150. The van der Waals surface area contributed by atoms with Gasteiger partial charge >= 0.3 is 0 Å². The minimum absolute atomic E-state index is 0.915. The fraction of sp³-hybridized carbons (Fsp3) is 0.231. The molecule has 5 nitrogen and oxygen atoms in total. The Morgan fingerprint density at radius 2 is 0.968 bits per heavy atom. The van der Waals surface area contributed by atoms with Gasteiger partial charge < -0.3 is 14.7 Å². The third-order valence-corrected chi connectivity index (χ3v) is 4.74. The molecular weight excluding hydrogens is 384 g/mol. The normalized spacial score (nSPS) is 11.9. The van der Waals surface area contributed by atoms with E-state index in [4.69, 9.17) is 4.74 Å². The van der Waals surface area contributed by atoms with Gasteiger partial charge in [-0.25, -0.2) is 9.97 Å². The molecule has 2 aliphatic rings. The van der Waals surface area contributed by atoms with Gasteiger partial charge in [0.2, 0.25) is 0 Å². The van der Waals surface area contributed by atoms with E-state index >= 15 is 0 Å². The number of aromatic amines is 2. The van der Waals surface area contributed by atoms with E-state index in [2.05, 4.69) is 64.1 Å². The molecule has 0 unspecified atom stereocenters. The second kappa shape index (κ2) is 10.0. The molecule has 158 valence electrons. The molecule has 3 aromatic rings. The first-order valence-electron chi connectivity index (χ1n) is 10.8. The van der Waals surface area contributed by atoms with Gasteiger partial charge in [-0.1, -0.05) is 13.8 Å². The van der Waals surface area contributed by atoms with Crippen LogP contribution in [0.2, 0.25) is 0 Å². The molecule has 2 N–H and O–H groups in total. The predicted octanol–water partition coefficient (Wildman–Crippen LogP) is 6.48. The maximum absolute atomic E-state index is 5.13. The second-order valence-electron chi connectivity index (χ2n) is 7.52. The third-order valence-electron chi connectivity index (χ3n) is 4.74. The number of hydrogen-bond donors (Lipinski definition) is 2. The lowest BCUT2D eigenvalue weighted by Gasteiger charge is -1.95. The predicted molar refractivity (Wildman–Crippen MR) is 130 cm³/mol. The molecule has 0 saturated carbocycles. The van der Waals surface area contributed by atoms with Crippen LogP contribution in [0.3, 0.4) is 0 Å². The molecule has 0 amide bonds. The number of ether oxygens (including phenoxy) is 1. The Morgan fingerprint density at radius 3 is 1.39 bits per heavy atom. The van der Waals surface area contributed by atoms with Crippen LogP contribution >= 0.6 is 0 Å². The van der Waals surface area contributed by atoms with Gasteiger partial charge in [-0.05, 0) is 85.7 Å². The van der Waals surface area contributed by atoms with Gasteiger partial charge in [0.25, 0.3) is 0 Å². The van der Waals surface area contributed by atoms with Gasteiger partial charge in [0.15, 0.2) is 0 Å².